The molecule has 4 aliphatic heterocycles. The normalized spacial score (nSPS) is 49.5. The number of nitrogens with zero attached hydrogens (tertiary/aromatic N) is 2. The molecule has 4 rings (SSSR count). The Kier molecular flexibility index (Phi) is 16.1. The van der Waals surface area contributed by atoms with Crippen LogP contribution in [0.3, 0.4) is 0 Å². The number of aliphatic hydroxyl groups is 4. The maximum Gasteiger partial charge on any atom is 0.311 e. The first-order valence-corrected chi connectivity index (χ1v) is 20.8. The van der Waals surface area contributed by atoms with Gasteiger partial charge in [-0.1, -0.05) is 27.7 Å². The number of esters is 1. The molecule has 0 aromatic heterocycles. The molecule has 4 aliphatic rings. The van der Waals surface area contributed by atoms with Crippen LogP contribution in [0, 0.1) is 23.7 Å². The van der Waals surface area contributed by atoms with Crippen LogP contribution in [0.2, 0.25) is 0 Å². The number of carbonyl (C=O) groups excluding carboxylic acids is 1. The van der Waals surface area contributed by atoms with Gasteiger partial charge in [0.15, 0.2) is 12.6 Å². The van der Waals surface area contributed by atoms with Crippen LogP contribution < -0.4 is 0 Å². The molecule has 0 unspecified atom stereocenters. The van der Waals surface area contributed by atoms with Gasteiger partial charge in [-0.15, -0.1) is 0 Å². The van der Waals surface area contributed by atoms with Gasteiger partial charge in [-0.05, 0) is 86.6 Å². The molecule has 14 heteroatoms. The third-order valence-corrected chi connectivity index (χ3v) is 13.3. The van der Waals surface area contributed by atoms with Crippen molar-refractivity contribution in [3.8, 4) is 0 Å². The summed E-state index contributed by atoms with van der Waals surface area (Å²) in [7, 11) is 3.41. The monoisotopic (exact) mass is 789 g/mol. The van der Waals surface area contributed by atoms with E-state index in [0.29, 0.717) is 26.2 Å². The molecule has 0 amide bonds. The second kappa shape index (κ2) is 18.9. The van der Waals surface area contributed by atoms with E-state index < -0.39 is 89.9 Å². The lowest BCUT2D eigenvalue weighted by Gasteiger charge is -2.50. The van der Waals surface area contributed by atoms with Gasteiger partial charge in [-0.25, -0.2) is 0 Å². The van der Waals surface area contributed by atoms with Gasteiger partial charge in [0.25, 0.3) is 0 Å². The Labute approximate surface area is 330 Å². The molecule has 4 N–H and O–H groups in total. The van der Waals surface area contributed by atoms with Crippen LogP contribution >= 0.6 is 0 Å². The predicted molar refractivity (Wildman–Crippen MR) is 206 cm³/mol. The number of hydrogen-bond donors (Lipinski definition) is 4. The van der Waals surface area contributed by atoms with E-state index >= 15 is 0 Å². The van der Waals surface area contributed by atoms with E-state index in [1.54, 1.807) is 34.6 Å². The van der Waals surface area contributed by atoms with E-state index in [9.17, 15) is 25.2 Å². The van der Waals surface area contributed by atoms with Crippen molar-refractivity contribution in [3.05, 3.63) is 0 Å². The molecule has 4 heterocycles. The molecule has 0 saturated carbocycles. The number of cyclic esters (lactones) is 1. The summed E-state index contributed by atoms with van der Waals surface area (Å²) in [5.74, 6) is -2.12. The fraction of sp³-hybridized carbons (Fsp3) is 0.976. The highest BCUT2D eigenvalue weighted by Crippen LogP contribution is 2.41. The van der Waals surface area contributed by atoms with Crippen molar-refractivity contribution >= 4 is 5.97 Å². The number of morpholine rings is 1. The molecule has 0 aromatic carbocycles. The minimum atomic E-state index is -1.78. The Morgan fingerprint density at radius 3 is 2.15 bits per heavy atom. The molecule has 4 fully saturated rings. The number of rotatable bonds is 7. The molecule has 322 valence electrons. The number of likely N-dealkylation sites (N-methyl/N-ethyl adjacent to an activating group) is 1. The highest BCUT2D eigenvalue weighted by molar-refractivity contribution is 5.73. The summed E-state index contributed by atoms with van der Waals surface area (Å²) in [5.41, 5.74) is -4.24. The van der Waals surface area contributed by atoms with Crippen molar-refractivity contribution < 1.29 is 58.4 Å². The maximum atomic E-state index is 14.4. The molecular formula is C41H76N2O12. The minimum Gasteiger partial charge on any atom is -0.459 e. The van der Waals surface area contributed by atoms with E-state index in [1.807, 2.05) is 39.6 Å². The van der Waals surface area contributed by atoms with Crippen molar-refractivity contribution in [2.45, 2.75) is 186 Å². The van der Waals surface area contributed by atoms with Gasteiger partial charge in [0.1, 0.15) is 23.9 Å². The zero-order valence-electron chi connectivity index (χ0n) is 36.0. The fourth-order valence-electron chi connectivity index (χ4n) is 9.90. The van der Waals surface area contributed by atoms with Gasteiger partial charge in [-0.3, -0.25) is 9.69 Å². The fourth-order valence-corrected chi connectivity index (χ4v) is 9.90. The molecular weight excluding hydrogens is 712 g/mol. The van der Waals surface area contributed by atoms with E-state index in [0.717, 1.165) is 19.5 Å². The van der Waals surface area contributed by atoms with Crippen LogP contribution in [0.25, 0.3) is 0 Å². The summed E-state index contributed by atoms with van der Waals surface area (Å²) in [6, 6.07) is -0.616. The first-order chi connectivity index (χ1) is 25.6. The van der Waals surface area contributed by atoms with Gasteiger partial charge in [0, 0.05) is 45.1 Å². The quantitative estimate of drug-likeness (QED) is 0.278. The highest BCUT2D eigenvalue weighted by atomic mass is 16.7. The van der Waals surface area contributed by atoms with Crippen molar-refractivity contribution in [1.82, 2.24) is 9.80 Å². The van der Waals surface area contributed by atoms with E-state index in [4.69, 9.17) is 33.2 Å². The van der Waals surface area contributed by atoms with Crippen LogP contribution in [0.1, 0.15) is 102 Å². The Morgan fingerprint density at radius 2 is 1.55 bits per heavy atom. The summed E-state index contributed by atoms with van der Waals surface area (Å²) < 4.78 is 44.4. The Morgan fingerprint density at radius 1 is 0.909 bits per heavy atom. The SMILES string of the molecule is CC[C@H]1OC(=O)[C@H](C)[C@@H](O[C@H]2C[C@@](C)(OC)[C@@H](O)[C@H](C)O2)[C@H](C)[C@@H](O[C@@H]2O[C@H](C)C[C@@H](C)[C@@H]2N2CCOCC2)[C@](C)(O)C[C@@H](C)CN(C)[C@H](C)[C@@H](O)[C@]1(C)O. The first-order valence-electron chi connectivity index (χ1n) is 20.8. The largest absolute Gasteiger partial charge is 0.459 e. The standard InChI is InChI=1S/C41H76N2O12/c1-14-30-41(11,48)34(44)28(7)42(12)22-23(2)20-39(9,47)36(55-38-32(24(3)19-25(4)51-38)43-15-17-50-18-16-43)26(5)33(27(6)37(46)53-30)54-31-21-40(10,49-13)35(45)29(8)52-31/h23-36,38,44-45,47-48H,14-22H2,1-13H3/t23-,24-,25-,26+,27-,28-,29+,30-,31+,32+,33+,34-,35+,36-,38+,39-,40-,41-/m1/s1. The lowest BCUT2D eigenvalue weighted by molar-refractivity contribution is -0.314. The smallest absolute Gasteiger partial charge is 0.311 e. The van der Waals surface area contributed by atoms with Crippen molar-refractivity contribution in [2.24, 2.45) is 23.7 Å². The molecule has 0 radical (unpaired) electrons. The molecule has 0 spiro atoms. The summed E-state index contributed by atoms with van der Waals surface area (Å²) in [6.07, 6.45) is -5.84. The minimum absolute atomic E-state index is 0.0877. The average Bonchev–Trinajstić information content (AvgIpc) is 3.11. The number of carbonyl (C=O) groups is 1. The molecule has 55 heavy (non-hydrogen) atoms. The second-order valence-electron chi connectivity index (χ2n) is 18.3. The van der Waals surface area contributed by atoms with E-state index in [1.165, 1.54) is 14.0 Å². The summed E-state index contributed by atoms with van der Waals surface area (Å²) in [5, 5.41) is 47.1. The number of hydrogen-bond acceptors (Lipinski definition) is 14. The highest BCUT2D eigenvalue weighted by Gasteiger charge is 2.53. The zero-order chi connectivity index (χ0) is 41.2. The lowest BCUT2D eigenvalue weighted by Crippen LogP contribution is -2.61. The first kappa shape index (κ1) is 46.7. The Balaban J connectivity index is 1.83. The Hall–Kier alpha value is -1.01. The van der Waals surface area contributed by atoms with Crippen LogP contribution in [-0.4, -0.2) is 167 Å². The summed E-state index contributed by atoms with van der Waals surface area (Å²) >= 11 is 0. The van der Waals surface area contributed by atoms with Crippen molar-refractivity contribution in [2.75, 3.05) is 47.0 Å². The summed E-state index contributed by atoms with van der Waals surface area (Å²) in [4.78, 5) is 18.7. The number of methoxy groups -OCH3 is 1. The molecule has 14 nitrogen and oxygen atoms in total. The number of aliphatic hydroxyl groups excluding tert-OH is 2. The van der Waals surface area contributed by atoms with Gasteiger partial charge in [0.05, 0.1) is 60.8 Å². The van der Waals surface area contributed by atoms with Gasteiger partial charge in [0.2, 0.25) is 0 Å². The number of ether oxygens (including phenoxy) is 7. The molecule has 4 saturated heterocycles. The van der Waals surface area contributed by atoms with Gasteiger partial charge >= 0.3 is 5.97 Å². The molecule has 18 atom stereocenters. The molecule has 0 aromatic rings. The maximum absolute atomic E-state index is 14.4. The molecule has 0 aliphatic carbocycles. The van der Waals surface area contributed by atoms with E-state index in [2.05, 4.69) is 11.8 Å². The van der Waals surface area contributed by atoms with Crippen LogP contribution in [-0.2, 0) is 38.0 Å². The third-order valence-electron chi connectivity index (χ3n) is 13.3. The van der Waals surface area contributed by atoms with Crippen LogP contribution in [0.15, 0.2) is 0 Å². The van der Waals surface area contributed by atoms with E-state index in [-0.39, 0.29) is 36.8 Å². The lowest BCUT2D eigenvalue weighted by atomic mass is 9.77. The summed E-state index contributed by atoms with van der Waals surface area (Å²) in [6.45, 7) is 23.6. The van der Waals surface area contributed by atoms with Crippen LogP contribution in [0.5, 0.6) is 0 Å². The molecule has 0 bridgehead atoms. The predicted octanol–water partition coefficient (Wildman–Crippen LogP) is 2.95. The Bertz CT molecular complexity index is 1220. The zero-order valence-corrected chi connectivity index (χ0v) is 36.0. The topological polar surface area (TPSA) is 169 Å². The van der Waals surface area contributed by atoms with Gasteiger partial charge in [-0.2, -0.15) is 0 Å². The van der Waals surface area contributed by atoms with Gasteiger partial charge < -0.3 is 58.5 Å². The van der Waals surface area contributed by atoms with Crippen molar-refractivity contribution in [3.63, 3.8) is 0 Å². The average molecular weight is 789 g/mol. The second-order valence-corrected chi connectivity index (χ2v) is 18.3. The van der Waals surface area contributed by atoms with Crippen molar-refractivity contribution in [1.29, 1.82) is 0 Å². The third kappa shape index (κ3) is 10.6. The van der Waals surface area contributed by atoms with Crippen LogP contribution in [0.4, 0.5) is 0 Å².